The summed E-state index contributed by atoms with van der Waals surface area (Å²) in [7, 11) is 0. The summed E-state index contributed by atoms with van der Waals surface area (Å²) in [6, 6.07) is 16.1. The quantitative estimate of drug-likeness (QED) is 0.747. The summed E-state index contributed by atoms with van der Waals surface area (Å²) in [6.45, 7) is 4.38. The molecule has 0 aliphatic heterocycles. The Morgan fingerprint density at radius 1 is 0.900 bits per heavy atom. The van der Waals surface area contributed by atoms with Crippen molar-refractivity contribution in [3.8, 4) is 17.2 Å². The SMILES string of the molecule is CC(C)c1ccc(Oc2cccc(OC3CC3)c2)cc1. The molecule has 0 atom stereocenters. The monoisotopic (exact) mass is 268 g/mol. The first-order valence-corrected chi connectivity index (χ1v) is 7.25. The summed E-state index contributed by atoms with van der Waals surface area (Å²) in [5.74, 6) is 3.11. The Kier molecular flexibility index (Phi) is 3.64. The van der Waals surface area contributed by atoms with E-state index in [-0.39, 0.29) is 0 Å². The van der Waals surface area contributed by atoms with Gasteiger partial charge in [-0.05, 0) is 48.6 Å². The van der Waals surface area contributed by atoms with Crippen LogP contribution in [0.2, 0.25) is 0 Å². The van der Waals surface area contributed by atoms with Gasteiger partial charge in [0.1, 0.15) is 17.2 Å². The van der Waals surface area contributed by atoms with Gasteiger partial charge >= 0.3 is 0 Å². The molecule has 104 valence electrons. The smallest absolute Gasteiger partial charge is 0.131 e. The summed E-state index contributed by atoms with van der Waals surface area (Å²) in [5.41, 5.74) is 1.32. The molecular weight excluding hydrogens is 248 g/mol. The number of benzene rings is 2. The average molecular weight is 268 g/mol. The Bertz CT molecular complexity index is 568. The van der Waals surface area contributed by atoms with Crippen LogP contribution < -0.4 is 9.47 Å². The highest BCUT2D eigenvalue weighted by molar-refractivity contribution is 5.38. The summed E-state index contributed by atoms with van der Waals surface area (Å²) >= 11 is 0. The van der Waals surface area contributed by atoms with Gasteiger partial charge in [0.05, 0.1) is 6.10 Å². The molecule has 1 aliphatic rings. The van der Waals surface area contributed by atoms with E-state index in [1.54, 1.807) is 0 Å². The molecule has 0 amide bonds. The third-order valence-electron chi connectivity index (χ3n) is 3.42. The van der Waals surface area contributed by atoms with Crippen LogP contribution >= 0.6 is 0 Å². The van der Waals surface area contributed by atoms with Gasteiger partial charge in [0.2, 0.25) is 0 Å². The number of rotatable bonds is 5. The second-order valence-corrected chi connectivity index (χ2v) is 5.62. The zero-order chi connectivity index (χ0) is 13.9. The zero-order valence-corrected chi connectivity index (χ0v) is 12.0. The van der Waals surface area contributed by atoms with Crippen LogP contribution in [0.4, 0.5) is 0 Å². The van der Waals surface area contributed by atoms with Gasteiger partial charge in [-0.2, -0.15) is 0 Å². The Morgan fingerprint density at radius 3 is 2.25 bits per heavy atom. The van der Waals surface area contributed by atoms with Crippen molar-refractivity contribution in [2.45, 2.75) is 38.7 Å². The standard InChI is InChI=1S/C18H20O2/c1-13(2)14-6-8-15(9-7-14)19-17-4-3-5-18(12-17)20-16-10-11-16/h3-9,12-13,16H,10-11H2,1-2H3. The van der Waals surface area contributed by atoms with Crippen LogP contribution in [0.3, 0.4) is 0 Å². The van der Waals surface area contributed by atoms with E-state index in [9.17, 15) is 0 Å². The van der Waals surface area contributed by atoms with E-state index in [0.29, 0.717) is 12.0 Å². The van der Waals surface area contributed by atoms with Gasteiger partial charge < -0.3 is 9.47 Å². The van der Waals surface area contributed by atoms with Crippen molar-refractivity contribution in [3.05, 3.63) is 54.1 Å². The first-order chi connectivity index (χ1) is 9.70. The second-order valence-electron chi connectivity index (χ2n) is 5.62. The molecular formula is C18H20O2. The maximum absolute atomic E-state index is 5.88. The zero-order valence-electron chi connectivity index (χ0n) is 12.0. The molecule has 2 aromatic rings. The Balaban J connectivity index is 1.69. The lowest BCUT2D eigenvalue weighted by atomic mass is 10.0. The molecule has 0 saturated heterocycles. The van der Waals surface area contributed by atoms with E-state index in [2.05, 4.69) is 26.0 Å². The van der Waals surface area contributed by atoms with Gasteiger partial charge in [0.25, 0.3) is 0 Å². The van der Waals surface area contributed by atoms with Crippen LogP contribution in [-0.4, -0.2) is 6.10 Å². The van der Waals surface area contributed by atoms with E-state index in [1.807, 2.05) is 36.4 Å². The Labute approximate surface area is 120 Å². The van der Waals surface area contributed by atoms with E-state index < -0.39 is 0 Å². The molecule has 1 saturated carbocycles. The largest absolute Gasteiger partial charge is 0.490 e. The van der Waals surface area contributed by atoms with Gasteiger partial charge in [-0.1, -0.05) is 32.0 Å². The predicted octanol–water partition coefficient (Wildman–Crippen LogP) is 5.14. The van der Waals surface area contributed by atoms with Crippen molar-refractivity contribution >= 4 is 0 Å². The summed E-state index contributed by atoms with van der Waals surface area (Å²) < 4.78 is 11.6. The molecule has 2 aromatic carbocycles. The first kappa shape index (κ1) is 13.0. The topological polar surface area (TPSA) is 18.5 Å². The van der Waals surface area contributed by atoms with Gasteiger partial charge in [0, 0.05) is 6.07 Å². The fraction of sp³-hybridized carbons (Fsp3) is 0.333. The molecule has 0 unspecified atom stereocenters. The number of ether oxygens (including phenoxy) is 2. The molecule has 2 nitrogen and oxygen atoms in total. The minimum atomic E-state index is 0.413. The predicted molar refractivity (Wildman–Crippen MR) is 80.7 cm³/mol. The fourth-order valence-electron chi connectivity index (χ4n) is 2.05. The molecule has 0 radical (unpaired) electrons. The highest BCUT2D eigenvalue weighted by Crippen LogP contribution is 2.30. The molecule has 1 fully saturated rings. The third-order valence-corrected chi connectivity index (χ3v) is 3.42. The van der Waals surface area contributed by atoms with E-state index in [4.69, 9.17) is 9.47 Å². The van der Waals surface area contributed by atoms with Crippen molar-refractivity contribution in [2.75, 3.05) is 0 Å². The molecule has 0 bridgehead atoms. The van der Waals surface area contributed by atoms with Gasteiger partial charge in [-0.25, -0.2) is 0 Å². The summed E-state index contributed by atoms with van der Waals surface area (Å²) in [5, 5.41) is 0. The van der Waals surface area contributed by atoms with Crippen molar-refractivity contribution in [3.63, 3.8) is 0 Å². The van der Waals surface area contributed by atoms with Crippen molar-refractivity contribution in [1.29, 1.82) is 0 Å². The third kappa shape index (κ3) is 3.32. The van der Waals surface area contributed by atoms with E-state index in [0.717, 1.165) is 17.2 Å². The summed E-state index contributed by atoms with van der Waals surface area (Å²) in [6.07, 6.45) is 2.75. The van der Waals surface area contributed by atoms with Crippen LogP contribution in [0.15, 0.2) is 48.5 Å². The highest BCUT2D eigenvalue weighted by atomic mass is 16.5. The minimum absolute atomic E-state index is 0.413. The molecule has 20 heavy (non-hydrogen) atoms. The number of hydrogen-bond acceptors (Lipinski definition) is 2. The Hall–Kier alpha value is -1.96. The van der Waals surface area contributed by atoms with Crippen molar-refractivity contribution in [1.82, 2.24) is 0 Å². The average Bonchev–Trinajstić information content (AvgIpc) is 3.24. The van der Waals surface area contributed by atoms with E-state index in [1.165, 1.54) is 18.4 Å². The minimum Gasteiger partial charge on any atom is -0.490 e. The van der Waals surface area contributed by atoms with Crippen LogP contribution in [0.1, 0.15) is 38.2 Å². The fourth-order valence-corrected chi connectivity index (χ4v) is 2.05. The van der Waals surface area contributed by atoms with Crippen molar-refractivity contribution in [2.24, 2.45) is 0 Å². The number of hydrogen-bond donors (Lipinski definition) is 0. The highest BCUT2D eigenvalue weighted by Gasteiger charge is 2.23. The normalized spacial score (nSPS) is 14.3. The second kappa shape index (κ2) is 5.58. The molecule has 0 aromatic heterocycles. The van der Waals surface area contributed by atoms with Gasteiger partial charge in [0.15, 0.2) is 0 Å². The molecule has 3 rings (SSSR count). The first-order valence-electron chi connectivity index (χ1n) is 7.25. The van der Waals surface area contributed by atoms with Crippen LogP contribution in [0.25, 0.3) is 0 Å². The lowest BCUT2D eigenvalue weighted by Crippen LogP contribution is -1.95. The summed E-state index contributed by atoms with van der Waals surface area (Å²) in [4.78, 5) is 0. The molecule has 0 heterocycles. The van der Waals surface area contributed by atoms with Gasteiger partial charge in [-0.15, -0.1) is 0 Å². The molecule has 2 heteroatoms. The van der Waals surface area contributed by atoms with Crippen LogP contribution in [0.5, 0.6) is 17.2 Å². The molecule has 1 aliphatic carbocycles. The maximum atomic E-state index is 5.88. The Morgan fingerprint density at radius 2 is 1.60 bits per heavy atom. The van der Waals surface area contributed by atoms with E-state index >= 15 is 0 Å². The molecule has 0 spiro atoms. The van der Waals surface area contributed by atoms with Gasteiger partial charge in [-0.3, -0.25) is 0 Å². The molecule has 0 N–H and O–H groups in total. The van der Waals surface area contributed by atoms with Crippen LogP contribution in [0, 0.1) is 0 Å². The maximum Gasteiger partial charge on any atom is 0.131 e. The lowest BCUT2D eigenvalue weighted by molar-refractivity contribution is 0.302. The van der Waals surface area contributed by atoms with Crippen molar-refractivity contribution < 1.29 is 9.47 Å². The van der Waals surface area contributed by atoms with Crippen LogP contribution in [-0.2, 0) is 0 Å². The lowest BCUT2D eigenvalue weighted by Gasteiger charge is -2.10.